The van der Waals surface area contributed by atoms with Gasteiger partial charge in [-0.3, -0.25) is 9.59 Å². The summed E-state index contributed by atoms with van der Waals surface area (Å²) in [5.74, 6) is -1.60. The van der Waals surface area contributed by atoms with Crippen molar-refractivity contribution in [2.75, 3.05) is 38.8 Å². The van der Waals surface area contributed by atoms with Crippen molar-refractivity contribution in [2.45, 2.75) is 115 Å². The Kier molecular flexibility index (Phi) is 16.5. The number of fused-ring (bicyclic) bond motifs is 5. The highest BCUT2D eigenvalue weighted by atomic mass is 32.2. The molecule has 2 saturated carbocycles. The van der Waals surface area contributed by atoms with E-state index in [1.165, 1.54) is 19.1 Å². The molecule has 2 unspecified atom stereocenters. The van der Waals surface area contributed by atoms with Crippen LogP contribution in [-0.2, 0) is 66.7 Å². The Balaban J connectivity index is 1.33. The van der Waals surface area contributed by atoms with Crippen LogP contribution in [0.2, 0.25) is 0 Å². The number of rotatable bonds is 20. The Bertz CT molecular complexity index is 2090. The van der Waals surface area contributed by atoms with Crippen molar-refractivity contribution >= 4 is 41.7 Å². The number of ketones is 1. The zero-order chi connectivity index (χ0) is 48.0. The Morgan fingerprint density at radius 3 is 2.26 bits per heavy atom. The van der Waals surface area contributed by atoms with Gasteiger partial charge in [0.2, 0.25) is 6.10 Å². The van der Waals surface area contributed by atoms with Gasteiger partial charge in [0, 0.05) is 55.5 Å². The normalized spacial score (nSPS) is 30.8. The molecule has 2 aromatic rings. The van der Waals surface area contributed by atoms with E-state index in [4.69, 9.17) is 39.1 Å². The summed E-state index contributed by atoms with van der Waals surface area (Å²) in [5.41, 5.74) is -6.86. The summed E-state index contributed by atoms with van der Waals surface area (Å²) in [4.78, 5) is 74.0. The quantitative estimate of drug-likeness (QED) is 0.0282. The van der Waals surface area contributed by atoms with E-state index in [0.717, 1.165) is 19.0 Å². The van der Waals surface area contributed by atoms with Crippen LogP contribution in [0.4, 0.5) is 0 Å². The molecule has 19 nitrogen and oxygen atoms in total. The van der Waals surface area contributed by atoms with Crippen LogP contribution in [0.3, 0.4) is 0 Å². The maximum atomic E-state index is 15.1. The molecule has 0 spiro atoms. The average molecular weight is 946 g/mol. The summed E-state index contributed by atoms with van der Waals surface area (Å²) in [5, 5.41) is 41.9. The van der Waals surface area contributed by atoms with Crippen molar-refractivity contribution in [1.82, 2.24) is 0 Å². The Morgan fingerprint density at radius 1 is 0.955 bits per heavy atom. The van der Waals surface area contributed by atoms with Crippen molar-refractivity contribution < 1.29 is 86.8 Å². The topological polar surface area (TPSA) is 264 Å². The third-order valence-corrected chi connectivity index (χ3v) is 14.3. The van der Waals surface area contributed by atoms with Crippen molar-refractivity contribution in [2.24, 2.45) is 22.6 Å². The SMILES string of the molecule is CC(=O)O[C@@]12COC1C[C@H](O)[C@@]1(C)C(=O)[C@H](O)C3=C(C)[C@@H](OC(=O)[C@H](OC(=O)COCCOCCCSOOON)[C@@H](C)c4ccccc4)C[C@](O)(C(OC(=O)c4ccccc4)[C@@H]12)C3(C)C. The van der Waals surface area contributed by atoms with Gasteiger partial charge in [0.05, 0.1) is 42.8 Å². The van der Waals surface area contributed by atoms with Gasteiger partial charge < -0.3 is 48.5 Å². The average Bonchev–Trinajstić information content (AvgIpc) is 3.28. The summed E-state index contributed by atoms with van der Waals surface area (Å²) < 4.78 is 45.8. The molecule has 2 bridgehead atoms. The fraction of sp³-hybridized carbons (Fsp3) is 0.587. The van der Waals surface area contributed by atoms with Crippen LogP contribution >= 0.6 is 12.0 Å². The molecule has 0 amide bonds. The first-order chi connectivity index (χ1) is 31.3. The highest BCUT2D eigenvalue weighted by Gasteiger charge is 2.78. The first kappa shape index (κ1) is 51.1. The van der Waals surface area contributed by atoms with E-state index >= 15 is 4.79 Å². The van der Waals surface area contributed by atoms with Crippen molar-refractivity contribution in [3.63, 3.8) is 0 Å². The van der Waals surface area contributed by atoms with Gasteiger partial charge in [0.25, 0.3) is 0 Å². The van der Waals surface area contributed by atoms with Gasteiger partial charge in [0.1, 0.15) is 36.6 Å². The summed E-state index contributed by atoms with van der Waals surface area (Å²) in [6.07, 6.45) is -9.41. The largest absolute Gasteiger partial charge is 0.455 e. The molecule has 1 heterocycles. The minimum Gasteiger partial charge on any atom is -0.455 e. The molecular formula is C46H59NO18S. The lowest BCUT2D eigenvalue weighted by atomic mass is 9.44. The van der Waals surface area contributed by atoms with Crippen LogP contribution in [0.5, 0.6) is 0 Å². The number of aliphatic hydroxyl groups is 3. The number of carbonyl (C=O) groups is 5. The van der Waals surface area contributed by atoms with Crippen LogP contribution in [0.15, 0.2) is 71.8 Å². The van der Waals surface area contributed by atoms with E-state index in [-0.39, 0.29) is 43.0 Å². The molecule has 0 radical (unpaired) electrons. The molecule has 66 heavy (non-hydrogen) atoms. The molecule has 0 aromatic heterocycles. The molecule has 1 saturated heterocycles. The van der Waals surface area contributed by atoms with Crippen molar-refractivity contribution in [3.8, 4) is 0 Å². The standard InChI is InChI=1S/C46H59NO18S/c1-26(29-14-9-7-10-15-29)37(60-34(50)24-57-20-19-56-18-13-21-66-65-64-63-47)42(54)59-31-23-46(55)40(61-41(53)30-16-11-8-12-17-30)38-44(6,39(52)36(51)35(27(31)2)43(46,4)5)32(49)22-33-45(38,25-58-33)62-28(3)48/h7-12,14-17,26,31-33,36-38,40,49,51,55H,13,18-25,47H2,1-6H3/t26-,31-,32-,33?,36+,37+,38-,40?,44+,45-,46-/m0/s1. The zero-order valence-electron chi connectivity index (χ0n) is 37.7. The first-order valence-electron chi connectivity index (χ1n) is 21.7. The number of esters is 4. The number of ether oxygens (including phenoxy) is 7. The number of Topliss-reactive ketones (excluding diaryl/α,β-unsaturated/α-hetero) is 1. The minimum atomic E-state index is -2.34. The van der Waals surface area contributed by atoms with Crippen LogP contribution in [0.1, 0.15) is 82.6 Å². The Hall–Kier alpha value is -4.32. The number of benzene rings is 2. The molecule has 20 heteroatoms. The van der Waals surface area contributed by atoms with Crippen LogP contribution in [0.25, 0.3) is 0 Å². The number of hydrogen-bond acceptors (Lipinski definition) is 20. The highest BCUT2D eigenvalue weighted by molar-refractivity contribution is 7.94. The third-order valence-electron chi connectivity index (χ3n) is 13.7. The summed E-state index contributed by atoms with van der Waals surface area (Å²) >= 11 is 0.962. The van der Waals surface area contributed by atoms with Crippen LogP contribution < -0.4 is 5.90 Å². The van der Waals surface area contributed by atoms with E-state index < -0.39 is 113 Å². The predicted octanol–water partition coefficient (Wildman–Crippen LogP) is 3.17. The van der Waals surface area contributed by atoms with Gasteiger partial charge in [-0.15, -0.1) is 9.32 Å². The third kappa shape index (κ3) is 9.95. The lowest BCUT2D eigenvalue weighted by molar-refractivity contribution is -0.464. The Labute approximate surface area is 386 Å². The molecule has 362 valence electrons. The second-order valence-corrected chi connectivity index (χ2v) is 18.6. The Morgan fingerprint density at radius 2 is 1.62 bits per heavy atom. The van der Waals surface area contributed by atoms with Gasteiger partial charge >= 0.3 is 23.9 Å². The van der Waals surface area contributed by atoms with Gasteiger partial charge in [-0.2, -0.15) is 5.90 Å². The fourth-order valence-corrected chi connectivity index (χ4v) is 10.5. The lowest BCUT2D eigenvalue weighted by Gasteiger charge is -2.67. The fourth-order valence-electron chi connectivity index (χ4n) is 10.1. The van der Waals surface area contributed by atoms with E-state index in [1.54, 1.807) is 76.2 Å². The number of nitrogens with two attached hydrogens (primary N) is 1. The lowest BCUT2D eigenvalue weighted by Crippen LogP contribution is -2.81. The van der Waals surface area contributed by atoms with E-state index in [9.17, 15) is 34.5 Å². The maximum Gasteiger partial charge on any atom is 0.348 e. The maximum absolute atomic E-state index is 15.1. The van der Waals surface area contributed by atoms with Gasteiger partial charge in [-0.05, 0) is 54.1 Å². The smallest absolute Gasteiger partial charge is 0.348 e. The molecule has 4 aliphatic rings. The van der Waals surface area contributed by atoms with Gasteiger partial charge in [-0.1, -0.05) is 69.3 Å². The second kappa shape index (κ2) is 21.3. The molecule has 1 aliphatic heterocycles. The highest BCUT2D eigenvalue weighted by Crippen LogP contribution is 2.64. The van der Waals surface area contributed by atoms with Crippen LogP contribution in [0, 0.1) is 16.7 Å². The molecule has 6 rings (SSSR count). The second-order valence-electron chi connectivity index (χ2n) is 17.8. The number of hydrogen-bond donors (Lipinski definition) is 4. The number of carbonyl (C=O) groups excluding carboxylic acids is 5. The van der Waals surface area contributed by atoms with E-state index in [1.807, 2.05) is 0 Å². The predicted molar refractivity (Wildman–Crippen MR) is 230 cm³/mol. The first-order valence-corrected chi connectivity index (χ1v) is 22.6. The van der Waals surface area contributed by atoms with E-state index in [2.05, 4.69) is 14.4 Å². The monoisotopic (exact) mass is 945 g/mol. The zero-order valence-corrected chi connectivity index (χ0v) is 38.5. The number of aliphatic hydroxyl groups excluding tert-OH is 2. The summed E-state index contributed by atoms with van der Waals surface area (Å²) in [7, 11) is 0. The molecular weight excluding hydrogens is 887 g/mol. The minimum absolute atomic E-state index is 0.0230. The van der Waals surface area contributed by atoms with E-state index in [0.29, 0.717) is 24.3 Å². The molecule has 11 atom stereocenters. The van der Waals surface area contributed by atoms with Gasteiger partial charge in [-0.25, -0.2) is 14.4 Å². The molecule has 5 N–H and O–H groups in total. The molecule has 3 aliphatic carbocycles. The van der Waals surface area contributed by atoms with Gasteiger partial charge in [0.15, 0.2) is 11.4 Å². The summed E-state index contributed by atoms with van der Waals surface area (Å²) in [6.45, 7) is 8.59. The van der Waals surface area contributed by atoms with Crippen molar-refractivity contribution in [3.05, 3.63) is 82.9 Å². The summed E-state index contributed by atoms with van der Waals surface area (Å²) in [6, 6.07) is 16.7. The molecule has 3 fully saturated rings. The van der Waals surface area contributed by atoms with Crippen molar-refractivity contribution in [1.29, 1.82) is 0 Å². The van der Waals surface area contributed by atoms with Crippen LogP contribution in [-0.4, -0.2) is 132 Å². The molecule has 2 aromatic carbocycles.